The van der Waals surface area contributed by atoms with Crippen LogP contribution in [0.1, 0.15) is 7.43 Å². The van der Waals surface area contributed by atoms with Crippen molar-refractivity contribution in [2.24, 2.45) is 0 Å². The highest BCUT2D eigenvalue weighted by Gasteiger charge is 2.03. The number of aromatic hydroxyl groups is 1. The molecule has 0 aliphatic heterocycles. The number of aromatic nitrogens is 4. The number of ether oxygens (including phenoxy) is 1. The summed E-state index contributed by atoms with van der Waals surface area (Å²) in [4.78, 5) is 13.8. The molecule has 110 valence electrons. The van der Waals surface area contributed by atoms with Crippen LogP contribution >= 0.6 is 23.2 Å². The maximum atomic E-state index is 11.5. The number of nitrogens with zero attached hydrogens (tertiary/aromatic N) is 4. The molecule has 0 unspecified atom stereocenters. The molecular weight excluding hydrogens is 317 g/mol. The number of halogens is 4. The largest absolute Gasteiger partial charge is 0.505 e. The van der Waals surface area contributed by atoms with Crippen LogP contribution in [0.3, 0.4) is 0 Å². The monoisotopic (exact) mass is 326 g/mol. The molecule has 2 aromatic heterocycles. The molecule has 20 heavy (non-hydrogen) atoms. The van der Waals surface area contributed by atoms with Crippen LogP contribution in [0, 0.1) is 0 Å². The van der Waals surface area contributed by atoms with Gasteiger partial charge in [0.05, 0.1) is 24.8 Å². The highest BCUT2D eigenvalue weighted by Crippen LogP contribution is 2.11. The van der Waals surface area contributed by atoms with Gasteiger partial charge >= 0.3 is 6.61 Å². The maximum Gasteiger partial charge on any atom is 0.387 e. The number of rotatable bonds is 2. The van der Waals surface area contributed by atoms with Crippen LogP contribution in [-0.4, -0.2) is 31.7 Å². The van der Waals surface area contributed by atoms with E-state index < -0.39 is 6.61 Å². The van der Waals surface area contributed by atoms with E-state index in [1.54, 1.807) is 0 Å². The molecule has 0 spiro atoms. The van der Waals surface area contributed by atoms with Gasteiger partial charge in [0.2, 0.25) is 10.6 Å². The van der Waals surface area contributed by atoms with Crippen molar-refractivity contribution in [2.75, 3.05) is 0 Å². The summed E-state index contributed by atoms with van der Waals surface area (Å²) in [6, 6.07) is 0. The Labute approximate surface area is 123 Å². The second-order valence-corrected chi connectivity index (χ2v) is 3.45. The topological polar surface area (TPSA) is 81.0 Å². The molecule has 0 aliphatic rings. The number of alkyl halides is 2. The van der Waals surface area contributed by atoms with Gasteiger partial charge in [-0.3, -0.25) is 0 Å². The van der Waals surface area contributed by atoms with E-state index in [0.717, 1.165) is 12.4 Å². The zero-order valence-electron chi connectivity index (χ0n) is 9.04. The molecule has 0 aliphatic carbocycles. The molecular formula is C10H10Cl2F2N4O2. The van der Waals surface area contributed by atoms with Crippen molar-refractivity contribution < 1.29 is 18.6 Å². The average molecular weight is 327 g/mol. The fraction of sp³-hybridized carbons (Fsp3) is 0.200. The number of hydrogen-bond donors (Lipinski definition) is 1. The quantitative estimate of drug-likeness (QED) is 0.853. The fourth-order valence-corrected chi connectivity index (χ4v) is 0.965. The Morgan fingerprint density at radius 3 is 1.70 bits per heavy atom. The molecule has 0 aromatic carbocycles. The lowest BCUT2D eigenvalue weighted by molar-refractivity contribution is -0.0503. The standard InChI is InChI=1S/C5H3ClF2N2O.C4H3ClN2O.CH4/c6-4-9-1-3(2-10-4)11-5(7)8;5-4-6-1-3(8)2-7-4;/h1-2,5H;1-2,8H;1H4. The van der Waals surface area contributed by atoms with Crippen molar-refractivity contribution >= 4 is 23.2 Å². The highest BCUT2D eigenvalue weighted by atomic mass is 35.5. The smallest absolute Gasteiger partial charge is 0.387 e. The van der Waals surface area contributed by atoms with Gasteiger partial charge in [-0.05, 0) is 23.2 Å². The lowest BCUT2D eigenvalue weighted by Gasteiger charge is -2.01. The van der Waals surface area contributed by atoms with E-state index in [0.29, 0.717) is 0 Å². The molecule has 0 atom stereocenters. The van der Waals surface area contributed by atoms with E-state index >= 15 is 0 Å². The van der Waals surface area contributed by atoms with E-state index in [-0.39, 0.29) is 29.5 Å². The molecule has 0 fully saturated rings. The second kappa shape index (κ2) is 9.16. The van der Waals surface area contributed by atoms with Crippen LogP contribution in [0.2, 0.25) is 10.6 Å². The molecule has 6 nitrogen and oxygen atoms in total. The van der Waals surface area contributed by atoms with Crippen LogP contribution in [-0.2, 0) is 0 Å². The van der Waals surface area contributed by atoms with Gasteiger partial charge in [0.25, 0.3) is 0 Å². The molecule has 1 N–H and O–H groups in total. The van der Waals surface area contributed by atoms with E-state index in [1.165, 1.54) is 12.4 Å². The third-order valence-electron chi connectivity index (χ3n) is 1.43. The summed E-state index contributed by atoms with van der Waals surface area (Å²) in [6.07, 6.45) is 4.60. The molecule has 2 heterocycles. The summed E-state index contributed by atoms with van der Waals surface area (Å²) in [5.74, 6) is -0.0844. The van der Waals surface area contributed by atoms with E-state index in [9.17, 15) is 8.78 Å². The predicted molar refractivity (Wildman–Crippen MR) is 69.1 cm³/mol. The van der Waals surface area contributed by atoms with Gasteiger partial charge in [-0.15, -0.1) is 0 Å². The van der Waals surface area contributed by atoms with Crippen molar-refractivity contribution in [1.82, 2.24) is 19.9 Å². The molecule has 0 saturated carbocycles. The first-order chi connectivity index (χ1) is 8.97. The number of hydrogen-bond acceptors (Lipinski definition) is 6. The summed E-state index contributed by atoms with van der Waals surface area (Å²) in [5, 5.41) is 8.71. The Balaban J connectivity index is 0.000000359. The second-order valence-electron chi connectivity index (χ2n) is 2.78. The first-order valence-corrected chi connectivity index (χ1v) is 5.32. The Bertz CT molecular complexity index is 479. The summed E-state index contributed by atoms with van der Waals surface area (Å²) < 4.78 is 27.0. The SMILES string of the molecule is C.FC(F)Oc1cnc(Cl)nc1.Oc1cnc(Cl)nc1. The Morgan fingerprint density at radius 1 is 0.950 bits per heavy atom. The summed E-state index contributed by atoms with van der Waals surface area (Å²) in [6.45, 7) is -2.86. The lowest BCUT2D eigenvalue weighted by atomic mass is 10.6. The molecule has 0 amide bonds. The Hall–Kier alpha value is -1.80. The van der Waals surface area contributed by atoms with E-state index in [2.05, 4.69) is 24.7 Å². The van der Waals surface area contributed by atoms with Gasteiger partial charge in [0.1, 0.15) is 0 Å². The molecule has 0 radical (unpaired) electrons. The molecule has 0 bridgehead atoms. The maximum absolute atomic E-state index is 11.5. The Morgan fingerprint density at radius 2 is 1.35 bits per heavy atom. The Kier molecular flexibility index (Phi) is 8.33. The van der Waals surface area contributed by atoms with Crippen molar-refractivity contribution in [3.8, 4) is 11.5 Å². The van der Waals surface area contributed by atoms with Crippen LogP contribution in [0.25, 0.3) is 0 Å². The zero-order valence-corrected chi connectivity index (χ0v) is 10.6. The van der Waals surface area contributed by atoms with E-state index in [1.807, 2.05) is 0 Å². The average Bonchev–Trinajstić information content (AvgIpc) is 2.36. The summed E-state index contributed by atoms with van der Waals surface area (Å²) in [7, 11) is 0. The van der Waals surface area contributed by atoms with Gasteiger partial charge in [-0.1, -0.05) is 7.43 Å². The lowest BCUT2D eigenvalue weighted by Crippen LogP contribution is -2.02. The minimum absolute atomic E-state index is 0. The van der Waals surface area contributed by atoms with Crippen LogP contribution in [0.4, 0.5) is 8.78 Å². The third kappa shape index (κ3) is 7.59. The zero-order chi connectivity index (χ0) is 14.3. The minimum Gasteiger partial charge on any atom is -0.505 e. The minimum atomic E-state index is -2.86. The summed E-state index contributed by atoms with van der Waals surface area (Å²) >= 11 is 10.6. The van der Waals surface area contributed by atoms with Crippen molar-refractivity contribution in [3.63, 3.8) is 0 Å². The first kappa shape index (κ1) is 18.2. The van der Waals surface area contributed by atoms with Crippen LogP contribution in [0.15, 0.2) is 24.8 Å². The van der Waals surface area contributed by atoms with Gasteiger partial charge in [-0.2, -0.15) is 8.78 Å². The van der Waals surface area contributed by atoms with Gasteiger partial charge in [0, 0.05) is 0 Å². The van der Waals surface area contributed by atoms with Gasteiger partial charge < -0.3 is 9.84 Å². The molecule has 0 saturated heterocycles. The third-order valence-corrected chi connectivity index (χ3v) is 1.82. The van der Waals surface area contributed by atoms with Gasteiger partial charge in [0.15, 0.2) is 11.5 Å². The van der Waals surface area contributed by atoms with Crippen molar-refractivity contribution in [3.05, 3.63) is 35.4 Å². The normalized spacial score (nSPS) is 9.25. The summed E-state index contributed by atoms with van der Waals surface area (Å²) in [5.41, 5.74) is 0. The van der Waals surface area contributed by atoms with E-state index in [4.69, 9.17) is 28.3 Å². The van der Waals surface area contributed by atoms with Gasteiger partial charge in [-0.25, -0.2) is 19.9 Å². The molecule has 10 heteroatoms. The molecule has 2 aromatic rings. The van der Waals surface area contributed by atoms with Crippen LogP contribution < -0.4 is 4.74 Å². The highest BCUT2D eigenvalue weighted by molar-refractivity contribution is 6.28. The fourth-order valence-electron chi connectivity index (χ4n) is 0.770. The predicted octanol–water partition coefficient (Wildman–Crippen LogP) is 3.20. The van der Waals surface area contributed by atoms with Crippen molar-refractivity contribution in [2.45, 2.75) is 14.0 Å². The molecule has 2 rings (SSSR count). The first-order valence-electron chi connectivity index (χ1n) is 4.56. The van der Waals surface area contributed by atoms with Crippen LogP contribution in [0.5, 0.6) is 11.5 Å². The van der Waals surface area contributed by atoms with Crippen molar-refractivity contribution in [1.29, 1.82) is 0 Å².